The Kier molecular flexibility index (Phi) is 3.66. The monoisotopic (exact) mass is 246 g/mol. The number of rotatable bonds is 3. The minimum Gasteiger partial charge on any atom is -0.351 e. The van der Waals surface area contributed by atoms with Gasteiger partial charge >= 0.3 is 12.2 Å². The lowest BCUT2D eigenvalue weighted by Gasteiger charge is -2.13. The average Bonchev–Trinajstić information content (AvgIpc) is 2.25. The van der Waals surface area contributed by atoms with Gasteiger partial charge in [-0.05, 0) is 12.1 Å². The molecule has 5 nitrogen and oxygen atoms in total. The topological polar surface area (TPSA) is 83.1 Å². The molecule has 0 aromatic carbocycles. The molecule has 0 aliphatic rings. The Labute approximate surface area is 94.6 Å². The van der Waals surface area contributed by atoms with Gasteiger partial charge in [0.25, 0.3) is 0 Å². The highest BCUT2D eigenvalue weighted by Gasteiger charge is 2.30. The normalized spacial score (nSPS) is 11.0. The van der Waals surface area contributed by atoms with Crippen molar-refractivity contribution in [2.24, 2.45) is 5.73 Å². The van der Waals surface area contributed by atoms with Crippen LogP contribution in [0.4, 0.5) is 18.0 Å². The largest absolute Gasteiger partial charge is 0.417 e. The molecule has 8 heteroatoms. The van der Waals surface area contributed by atoms with Gasteiger partial charge in [0.15, 0.2) is 0 Å². The standard InChI is InChI=1S/C9H9F3N4O/c10-9(11,12)6-1-2-7(15-3-6)4-16(5-13)8(14)17/h1-3,5,13H,4H2,(H2,14,17). The Morgan fingerprint density at radius 1 is 1.53 bits per heavy atom. The number of nitrogens with zero attached hydrogens (tertiary/aromatic N) is 2. The third-order valence-corrected chi connectivity index (χ3v) is 1.92. The summed E-state index contributed by atoms with van der Waals surface area (Å²) < 4.78 is 36.6. The molecule has 0 fully saturated rings. The van der Waals surface area contributed by atoms with Crippen molar-refractivity contribution in [2.45, 2.75) is 12.7 Å². The van der Waals surface area contributed by atoms with Crippen LogP contribution in [0.2, 0.25) is 0 Å². The number of hydrogen-bond donors (Lipinski definition) is 2. The maximum absolute atomic E-state index is 12.2. The van der Waals surface area contributed by atoms with Crippen molar-refractivity contribution in [3.8, 4) is 0 Å². The van der Waals surface area contributed by atoms with Crippen LogP contribution in [0.25, 0.3) is 0 Å². The molecule has 0 radical (unpaired) electrons. The maximum atomic E-state index is 12.2. The van der Waals surface area contributed by atoms with Crippen molar-refractivity contribution in [1.29, 1.82) is 5.41 Å². The van der Waals surface area contributed by atoms with Crippen LogP contribution < -0.4 is 5.73 Å². The van der Waals surface area contributed by atoms with E-state index in [0.717, 1.165) is 17.0 Å². The van der Waals surface area contributed by atoms with Crippen LogP contribution in [-0.4, -0.2) is 22.3 Å². The zero-order chi connectivity index (χ0) is 13.1. The Balaban J connectivity index is 2.82. The highest BCUT2D eigenvalue weighted by molar-refractivity contribution is 5.83. The number of urea groups is 1. The number of nitrogens with one attached hydrogen (secondary N) is 1. The Hall–Kier alpha value is -2.12. The summed E-state index contributed by atoms with van der Waals surface area (Å²) in [6.07, 6.45) is -3.10. The fourth-order valence-corrected chi connectivity index (χ4v) is 1.05. The van der Waals surface area contributed by atoms with Gasteiger partial charge in [-0.2, -0.15) is 13.2 Å². The summed E-state index contributed by atoms with van der Waals surface area (Å²) in [6.45, 7) is -0.142. The lowest BCUT2D eigenvalue weighted by Crippen LogP contribution is -2.33. The van der Waals surface area contributed by atoms with E-state index in [1.165, 1.54) is 0 Å². The number of alkyl halides is 3. The highest BCUT2D eigenvalue weighted by Crippen LogP contribution is 2.28. The summed E-state index contributed by atoms with van der Waals surface area (Å²) in [7, 11) is 0. The van der Waals surface area contributed by atoms with Crippen LogP contribution in [0, 0.1) is 5.41 Å². The van der Waals surface area contributed by atoms with E-state index in [1.54, 1.807) is 0 Å². The third kappa shape index (κ3) is 3.44. The first-order valence-electron chi connectivity index (χ1n) is 4.43. The molecule has 0 unspecified atom stereocenters. The van der Waals surface area contributed by atoms with Crippen molar-refractivity contribution in [3.05, 3.63) is 29.6 Å². The Morgan fingerprint density at radius 2 is 2.18 bits per heavy atom. The van der Waals surface area contributed by atoms with Crippen LogP contribution >= 0.6 is 0 Å². The first-order chi connectivity index (χ1) is 7.84. The van der Waals surface area contributed by atoms with Gasteiger partial charge in [0, 0.05) is 6.20 Å². The predicted octanol–water partition coefficient (Wildman–Crippen LogP) is 1.59. The van der Waals surface area contributed by atoms with Crippen molar-refractivity contribution in [2.75, 3.05) is 0 Å². The van der Waals surface area contributed by atoms with Gasteiger partial charge in [0.05, 0.1) is 24.1 Å². The minimum atomic E-state index is -4.45. The smallest absolute Gasteiger partial charge is 0.351 e. The van der Waals surface area contributed by atoms with Crippen LogP contribution in [0.1, 0.15) is 11.3 Å². The second-order valence-electron chi connectivity index (χ2n) is 3.13. The molecule has 17 heavy (non-hydrogen) atoms. The number of carbonyl (C=O) groups is 1. The van der Waals surface area contributed by atoms with Crippen LogP contribution in [-0.2, 0) is 12.7 Å². The molecule has 0 atom stereocenters. The van der Waals surface area contributed by atoms with Crippen molar-refractivity contribution in [1.82, 2.24) is 9.88 Å². The summed E-state index contributed by atoms with van der Waals surface area (Å²) in [5.74, 6) is 0. The molecule has 2 amide bonds. The molecule has 1 aromatic rings. The van der Waals surface area contributed by atoms with Crippen LogP contribution in [0.3, 0.4) is 0 Å². The van der Waals surface area contributed by atoms with E-state index < -0.39 is 17.8 Å². The van der Waals surface area contributed by atoms with Crippen LogP contribution in [0.5, 0.6) is 0 Å². The predicted molar refractivity (Wildman–Crippen MR) is 53.1 cm³/mol. The van der Waals surface area contributed by atoms with Crippen LogP contribution in [0.15, 0.2) is 18.3 Å². The maximum Gasteiger partial charge on any atom is 0.417 e. The molecular weight excluding hydrogens is 237 g/mol. The van der Waals surface area contributed by atoms with Gasteiger partial charge in [-0.25, -0.2) is 4.79 Å². The molecule has 0 spiro atoms. The SMILES string of the molecule is N=CN(Cc1ccc(C(F)(F)F)cn1)C(N)=O. The van der Waals surface area contributed by atoms with E-state index >= 15 is 0 Å². The molecule has 0 aliphatic heterocycles. The fraction of sp³-hybridized carbons (Fsp3) is 0.222. The molecule has 0 saturated carbocycles. The molecule has 0 bridgehead atoms. The van der Waals surface area contributed by atoms with E-state index in [9.17, 15) is 18.0 Å². The van der Waals surface area contributed by atoms with Crippen molar-refractivity contribution < 1.29 is 18.0 Å². The van der Waals surface area contributed by atoms with Crippen molar-refractivity contribution in [3.63, 3.8) is 0 Å². The van der Waals surface area contributed by atoms with E-state index in [0.29, 0.717) is 12.5 Å². The van der Waals surface area contributed by atoms with Gasteiger partial charge in [0.2, 0.25) is 0 Å². The van der Waals surface area contributed by atoms with Gasteiger partial charge in [-0.15, -0.1) is 0 Å². The van der Waals surface area contributed by atoms with Gasteiger partial charge in [0.1, 0.15) is 0 Å². The number of carbonyl (C=O) groups excluding carboxylic acids is 1. The summed E-state index contributed by atoms with van der Waals surface area (Å²) >= 11 is 0. The van der Waals surface area contributed by atoms with E-state index in [2.05, 4.69) is 4.98 Å². The molecule has 1 rings (SSSR count). The number of hydrogen-bond acceptors (Lipinski definition) is 3. The highest BCUT2D eigenvalue weighted by atomic mass is 19.4. The molecular formula is C9H9F3N4O. The number of primary amides is 1. The quantitative estimate of drug-likeness (QED) is 0.627. The van der Waals surface area contributed by atoms with E-state index in [1.807, 2.05) is 0 Å². The second-order valence-corrected chi connectivity index (χ2v) is 3.13. The lowest BCUT2D eigenvalue weighted by molar-refractivity contribution is -0.137. The summed E-state index contributed by atoms with van der Waals surface area (Å²) in [5, 5.41) is 6.87. The molecule has 0 aliphatic carbocycles. The average molecular weight is 246 g/mol. The number of halogens is 3. The Morgan fingerprint density at radius 3 is 2.53 bits per heavy atom. The fourth-order valence-electron chi connectivity index (χ4n) is 1.05. The van der Waals surface area contributed by atoms with E-state index in [-0.39, 0.29) is 12.2 Å². The summed E-state index contributed by atoms with van der Waals surface area (Å²) in [6, 6.07) is 1.11. The van der Waals surface area contributed by atoms with E-state index in [4.69, 9.17) is 11.1 Å². The first kappa shape index (κ1) is 12.9. The third-order valence-electron chi connectivity index (χ3n) is 1.92. The van der Waals surface area contributed by atoms with Crippen molar-refractivity contribution >= 4 is 12.4 Å². The number of nitrogens with two attached hydrogens (primary N) is 1. The zero-order valence-electron chi connectivity index (χ0n) is 8.53. The number of amides is 2. The molecule has 1 aromatic heterocycles. The molecule has 1 heterocycles. The molecule has 92 valence electrons. The van der Waals surface area contributed by atoms with Gasteiger partial charge < -0.3 is 5.73 Å². The summed E-state index contributed by atoms with van der Waals surface area (Å²) in [5.41, 5.74) is 4.26. The number of aromatic nitrogens is 1. The Bertz CT molecular complexity index is 415. The minimum absolute atomic E-state index is 0.142. The zero-order valence-corrected chi connectivity index (χ0v) is 8.53. The first-order valence-corrected chi connectivity index (χ1v) is 4.43. The second kappa shape index (κ2) is 4.81. The molecule has 0 saturated heterocycles. The lowest BCUT2D eigenvalue weighted by atomic mass is 10.2. The van der Waals surface area contributed by atoms with Gasteiger partial charge in [-0.1, -0.05) is 0 Å². The van der Waals surface area contributed by atoms with Gasteiger partial charge in [-0.3, -0.25) is 15.3 Å². The summed E-state index contributed by atoms with van der Waals surface area (Å²) in [4.78, 5) is 15.1. The molecule has 3 N–H and O–H groups in total. The number of pyridine rings is 1.